The van der Waals surface area contributed by atoms with Crippen molar-refractivity contribution in [2.24, 2.45) is 5.41 Å². The van der Waals surface area contributed by atoms with Crippen molar-refractivity contribution in [1.82, 2.24) is 4.98 Å². The number of rotatable bonds is 3. The van der Waals surface area contributed by atoms with E-state index in [0.29, 0.717) is 5.41 Å². The number of nitrogens with zero attached hydrogens (tertiary/aromatic N) is 1. The number of benzene rings is 1. The van der Waals surface area contributed by atoms with Crippen LogP contribution in [0.25, 0.3) is 11.1 Å². The zero-order valence-corrected chi connectivity index (χ0v) is 10.2. The van der Waals surface area contributed by atoms with Crippen LogP contribution >= 0.6 is 11.8 Å². The summed E-state index contributed by atoms with van der Waals surface area (Å²) in [6, 6.07) is 7.94. The first-order valence-electron chi connectivity index (χ1n) is 5.74. The lowest BCUT2D eigenvalue weighted by Gasteiger charge is -2.37. The molecule has 1 aromatic carbocycles. The summed E-state index contributed by atoms with van der Waals surface area (Å²) in [5, 5.41) is 0.814. The van der Waals surface area contributed by atoms with Gasteiger partial charge in [-0.1, -0.05) is 37.2 Å². The van der Waals surface area contributed by atoms with Crippen LogP contribution in [0.2, 0.25) is 0 Å². The summed E-state index contributed by atoms with van der Waals surface area (Å²) in [6.07, 6.45) is 4.07. The van der Waals surface area contributed by atoms with Crippen LogP contribution < -0.4 is 0 Å². The van der Waals surface area contributed by atoms with Crippen molar-refractivity contribution < 1.29 is 4.42 Å². The van der Waals surface area contributed by atoms with Gasteiger partial charge in [0.25, 0.3) is 5.22 Å². The number of fused-ring (bicyclic) bond motifs is 1. The summed E-state index contributed by atoms with van der Waals surface area (Å²) >= 11 is 1.75. The summed E-state index contributed by atoms with van der Waals surface area (Å²) < 4.78 is 5.68. The lowest BCUT2D eigenvalue weighted by Crippen LogP contribution is -2.27. The fraction of sp³-hybridized carbons (Fsp3) is 0.462. The third-order valence-corrected chi connectivity index (χ3v) is 4.64. The Morgan fingerprint density at radius 3 is 2.88 bits per heavy atom. The van der Waals surface area contributed by atoms with Crippen molar-refractivity contribution in [2.75, 3.05) is 5.75 Å². The maximum absolute atomic E-state index is 5.68. The van der Waals surface area contributed by atoms with Gasteiger partial charge in [-0.05, 0) is 30.4 Å². The molecule has 3 heteroatoms. The minimum atomic E-state index is 0.519. The lowest BCUT2D eigenvalue weighted by molar-refractivity contribution is 0.197. The monoisotopic (exact) mass is 233 g/mol. The number of hydrogen-bond acceptors (Lipinski definition) is 3. The minimum absolute atomic E-state index is 0.519. The van der Waals surface area contributed by atoms with Crippen LogP contribution in [-0.2, 0) is 0 Å². The number of oxazole rings is 1. The summed E-state index contributed by atoms with van der Waals surface area (Å²) in [6.45, 7) is 2.35. The number of hydrogen-bond donors (Lipinski definition) is 0. The highest BCUT2D eigenvalue weighted by Gasteiger charge is 2.32. The largest absolute Gasteiger partial charge is 0.431 e. The van der Waals surface area contributed by atoms with E-state index < -0.39 is 0 Å². The van der Waals surface area contributed by atoms with Gasteiger partial charge in [0.15, 0.2) is 5.58 Å². The summed E-state index contributed by atoms with van der Waals surface area (Å²) in [7, 11) is 0. The summed E-state index contributed by atoms with van der Waals surface area (Å²) in [4.78, 5) is 4.47. The molecule has 0 saturated heterocycles. The van der Waals surface area contributed by atoms with Crippen molar-refractivity contribution in [2.45, 2.75) is 31.4 Å². The molecule has 0 spiro atoms. The van der Waals surface area contributed by atoms with Crippen LogP contribution in [0.15, 0.2) is 33.9 Å². The predicted octanol–water partition coefficient (Wildman–Crippen LogP) is 4.11. The Hall–Kier alpha value is -0.960. The Balaban J connectivity index is 1.74. The lowest BCUT2D eigenvalue weighted by atomic mass is 9.72. The van der Waals surface area contributed by atoms with E-state index in [9.17, 15) is 0 Å². The van der Waals surface area contributed by atoms with Crippen molar-refractivity contribution in [3.63, 3.8) is 0 Å². The van der Waals surface area contributed by atoms with Gasteiger partial charge in [0, 0.05) is 5.75 Å². The van der Waals surface area contributed by atoms with Gasteiger partial charge >= 0.3 is 0 Å². The molecule has 2 nitrogen and oxygen atoms in total. The molecule has 0 amide bonds. The highest BCUT2D eigenvalue weighted by Crippen LogP contribution is 2.44. The SMILES string of the molecule is CC1(CSc2nc3ccccc3o2)CCC1. The van der Waals surface area contributed by atoms with Crippen molar-refractivity contribution in [3.05, 3.63) is 24.3 Å². The van der Waals surface area contributed by atoms with Gasteiger partial charge in [-0.25, -0.2) is 4.98 Å². The molecule has 1 fully saturated rings. The van der Waals surface area contributed by atoms with E-state index in [2.05, 4.69) is 11.9 Å². The molecule has 0 unspecified atom stereocenters. The zero-order chi connectivity index (χ0) is 11.0. The van der Waals surface area contributed by atoms with Gasteiger partial charge in [-0.3, -0.25) is 0 Å². The molecule has 0 N–H and O–H groups in total. The number of para-hydroxylation sites is 2. The minimum Gasteiger partial charge on any atom is -0.431 e. The van der Waals surface area contributed by atoms with Crippen molar-refractivity contribution >= 4 is 22.9 Å². The summed E-state index contributed by atoms with van der Waals surface area (Å²) in [5.41, 5.74) is 2.37. The second-order valence-electron chi connectivity index (χ2n) is 4.90. The molecule has 1 saturated carbocycles. The van der Waals surface area contributed by atoms with Crippen LogP contribution in [0, 0.1) is 5.41 Å². The Morgan fingerprint density at radius 2 is 2.19 bits per heavy atom. The van der Waals surface area contributed by atoms with E-state index in [-0.39, 0.29) is 0 Å². The Morgan fingerprint density at radius 1 is 1.38 bits per heavy atom. The van der Waals surface area contributed by atoms with Gasteiger partial charge in [0.1, 0.15) is 5.52 Å². The highest BCUT2D eigenvalue weighted by molar-refractivity contribution is 7.99. The first kappa shape index (κ1) is 10.2. The molecule has 84 valence electrons. The highest BCUT2D eigenvalue weighted by atomic mass is 32.2. The zero-order valence-electron chi connectivity index (χ0n) is 9.40. The molecule has 1 aliphatic rings. The van der Waals surface area contributed by atoms with E-state index >= 15 is 0 Å². The molecule has 1 aromatic heterocycles. The average molecular weight is 233 g/mol. The first-order valence-corrected chi connectivity index (χ1v) is 6.72. The van der Waals surface area contributed by atoms with Crippen molar-refractivity contribution in [3.8, 4) is 0 Å². The Kier molecular flexibility index (Phi) is 2.43. The Labute approximate surface area is 99.4 Å². The fourth-order valence-corrected chi connectivity index (χ4v) is 3.15. The molecule has 1 aliphatic carbocycles. The van der Waals surface area contributed by atoms with Gasteiger partial charge in [-0.15, -0.1) is 0 Å². The van der Waals surface area contributed by atoms with Crippen LogP contribution in [0.5, 0.6) is 0 Å². The van der Waals surface area contributed by atoms with Crippen LogP contribution in [0.4, 0.5) is 0 Å². The smallest absolute Gasteiger partial charge is 0.256 e. The van der Waals surface area contributed by atoms with E-state index in [1.807, 2.05) is 24.3 Å². The quantitative estimate of drug-likeness (QED) is 0.746. The van der Waals surface area contributed by atoms with Gasteiger partial charge in [0.05, 0.1) is 0 Å². The third kappa shape index (κ3) is 1.84. The van der Waals surface area contributed by atoms with Crippen LogP contribution in [0.1, 0.15) is 26.2 Å². The van der Waals surface area contributed by atoms with Crippen LogP contribution in [-0.4, -0.2) is 10.7 Å². The maximum Gasteiger partial charge on any atom is 0.256 e. The molecule has 0 bridgehead atoms. The molecular weight excluding hydrogens is 218 g/mol. The van der Waals surface area contributed by atoms with E-state index in [4.69, 9.17) is 4.42 Å². The molecule has 3 rings (SSSR count). The van der Waals surface area contributed by atoms with E-state index in [0.717, 1.165) is 22.1 Å². The molecule has 0 aliphatic heterocycles. The Bertz CT molecular complexity index is 468. The molecule has 0 atom stereocenters. The molecule has 16 heavy (non-hydrogen) atoms. The first-order chi connectivity index (χ1) is 7.75. The van der Waals surface area contributed by atoms with Gasteiger partial charge in [0.2, 0.25) is 0 Å². The second kappa shape index (κ2) is 3.81. The fourth-order valence-electron chi connectivity index (χ4n) is 2.07. The maximum atomic E-state index is 5.68. The number of aromatic nitrogens is 1. The van der Waals surface area contributed by atoms with Gasteiger partial charge in [-0.2, -0.15) is 0 Å². The normalized spacial score (nSPS) is 18.6. The topological polar surface area (TPSA) is 26.0 Å². The predicted molar refractivity (Wildman–Crippen MR) is 66.7 cm³/mol. The molecular formula is C13H15NOS. The molecule has 0 radical (unpaired) electrons. The molecule has 2 aromatic rings. The number of thioether (sulfide) groups is 1. The van der Waals surface area contributed by atoms with Gasteiger partial charge < -0.3 is 4.42 Å². The van der Waals surface area contributed by atoms with Crippen molar-refractivity contribution in [1.29, 1.82) is 0 Å². The molecule has 1 heterocycles. The second-order valence-corrected chi connectivity index (χ2v) is 5.83. The third-order valence-electron chi connectivity index (χ3n) is 3.38. The average Bonchev–Trinajstić information content (AvgIpc) is 2.66. The summed E-state index contributed by atoms with van der Waals surface area (Å²) in [5.74, 6) is 1.12. The van der Waals surface area contributed by atoms with E-state index in [1.165, 1.54) is 19.3 Å². The van der Waals surface area contributed by atoms with E-state index in [1.54, 1.807) is 11.8 Å². The standard InChI is InChI=1S/C13H15NOS/c1-13(7-4-8-13)9-16-12-14-10-5-2-3-6-11(10)15-12/h2-3,5-6H,4,7-9H2,1H3. The van der Waals surface area contributed by atoms with Crippen LogP contribution in [0.3, 0.4) is 0 Å².